The Hall–Kier alpha value is -1.78. The van der Waals surface area contributed by atoms with Crippen LogP contribution in [0, 0.1) is 0 Å². The van der Waals surface area contributed by atoms with E-state index >= 15 is 0 Å². The smallest absolute Gasteiger partial charge is 0.410 e. The minimum absolute atomic E-state index is 0.273. The molecule has 98 valence electrons. The zero-order valence-electron chi connectivity index (χ0n) is 11.0. The van der Waals surface area contributed by atoms with Crippen molar-refractivity contribution in [2.45, 2.75) is 32.8 Å². The maximum absolute atomic E-state index is 11.8. The number of ether oxygens (including phenoxy) is 1. The van der Waals surface area contributed by atoms with Crippen LogP contribution in [0.5, 0.6) is 0 Å². The summed E-state index contributed by atoms with van der Waals surface area (Å²) in [5.41, 5.74) is 0.587. The minimum Gasteiger partial charge on any atom is -0.445 e. The molecule has 0 saturated heterocycles. The average Bonchev–Trinajstić information content (AvgIpc) is 2.80. The molecule has 1 aromatic heterocycles. The van der Waals surface area contributed by atoms with Gasteiger partial charge in [0.15, 0.2) is 0 Å². The predicted molar refractivity (Wildman–Crippen MR) is 66.9 cm³/mol. The Balaban J connectivity index is 1.96. The highest BCUT2D eigenvalue weighted by molar-refractivity contribution is 5.71. The van der Waals surface area contributed by atoms with Gasteiger partial charge in [-0.3, -0.25) is 0 Å². The Labute approximate surface area is 106 Å². The summed E-state index contributed by atoms with van der Waals surface area (Å²) in [5, 5.41) is 0. The molecule has 0 N–H and O–H groups in total. The van der Waals surface area contributed by atoms with Crippen molar-refractivity contribution < 1.29 is 13.9 Å². The highest BCUT2D eigenvalue weighted by Crippen LogP contribution is 2.21. The number of nitrogens with zero attached hydrogens (tertiary/aromatic N) is 2. The molecule has 5 nitrogen and oxygen atoms in total. The first-order valence-corrected chi connectivity index (χ1v) is 6.02. The number of oxazole rings is 1. The Morgan fingerprint density at radius 3 is 2.78 bits per heavy atom. The molecule has 1 amide bonds. The van der Waals surface area contributed by atoms with Crippen molar-refractivity contribution in [3.05, 3.63) is 24.4 Å². The van der Waals surface area contributed by atoms with Gasteiger partial charge in [0.2, 0.25) is 5.89 Å². The Morgan fingerprint density at radius 2 is 2.28 bits per heavy atom. The maximum Gasteiger partial charge on any atom is 0.410 e. The lowest BCUT2D eigenvalue weighted by molar-refractivity contribution is 0.0270. The van der Waals surface area contributed by atoms with E-state index in [0.717, 1.165) is 12.0 Å². The second-order valence-electron chi connectivity index (χ2n) is 5.24. The van der Waals surface area contributed by atoms with Crippen LogP contribution in [0.1, 0.15) is 33.1 Å². The van der Waals surface area contributed by atoms with Crippen molar-refractivity contribution >= 4 is 11.7 Å². The van der Waals surface area contributed by atoms with E-state index in [0.29, 0.717) is 19.0 Å². The third kappa shape index (κ3) is 3.12. The van der Waals surface area contributed by atoms with Gasteiger partial charge in [0.05, 0.1) is 6.20 Å². The normalized spacial score (nSPS) is 16.4. The molecular formula is C13H18N2O3. The van der Waals surface area contributed by atoms with Gasteiger partial charge >= 0.3 is 6.09 Å². The van der Waals surface area contributed by atoms with E-state index in [1.165, 1.54) is 0 Å². The number of rotatable bonds is 1. The summed E-state index contributed by atoms with van der Waals surface area (Å²) in [6, 6.07) is 0. The first kappa shape index (κ1) is 12.7. The molecule has 1 aromatic rings. The van der Waals surface area contributed by atoms with E-state index in [4.69, 9.17) is 9.15 Å². The largest absolute Gasteiger partial charge is 0.445 e. The van der Waals surface area contributed by atoms with Gasteiger partial charge in [0.25, 0.3) is 0 Å². The van der Waals surface area contributed by atoms with Gasteiger partial charge in [0.1, 0.15) is 11.9 Å². The molecule has 2 rings (SSSR count). The Bertz CT molecular complexity index is 443. The van der Waals surface area contributed by atoms with Gasteiger partial charge in [-0.15, -0.1) is 0 Å². The van der Waals surface area contributed by atoms with Gasteiger partial charge in [-0.2, -0.15) is 0 Å². The molecule has 0 aliphatic carbocycles. The Kier molecular flexibility index (Phi) is 3.41. The fraction of sp³-hybridized carbons (Fsp3) is 0.538. The van der Waals surface area contributed by atoms with Gasteiger partial charge in [-0.25, -0.2) is 9.78 Å². The number of hydrogen-bond acceptors (Lipinski definition) is 4. The van der Waals surface area contributed by atoms with E-state index < -0.39 is 5.60 Å². The van der Waals surface area contributed by atoms with Crippen molar-refractivity contribution in [3.8, 4) is 0 Å². The number of aromatic nitrogens is 1. The van der Waals surface area contributed by atoms with Crippen molar-refractivity contribution in [3.63, 3.8) is 0 Å². The van der Waals surface area contributed by atoms with E-state index in [2.05, 4.69) is 4.98 Å². The average molecular weight is 250 g/mol. The zero-order chi connectivity index (χ0) is 13.2. The number of amides is 1. The van der Waals surface area contributed by atoms with Crippen LogP contribution in [0.25, 0.3) is 5.57 Å². The summed E-state index contributed by atoms with van der Waals surface area (Å²) in [4.78, 5) is 17.6. The standard InChI is InChI=1S/C13H18N2O3/c1-13(2,3)18-12(16)15-7-4-10(5-8-15)11-14-6-9-17-11/h4,6,9H,5,7-8H2,1-3H3. The molecule has 5 heteroatoms. The fourth-order valence-corrected chi connectivity index (χ4v) is 1.74. The molecule has 0 unspecified atom stereocenters. The van der Waals surface area contributed by atoms with Crippen molar-refractivity contribution in [1.29, 1.82) is 0 Å². The quantitative estimate of drug-likeness (QED) is 0.769. The third-order valence-electron chi connectivity index (χ3n) is 2.57. The van der Waals surface area contributed by atoms with Crippen LogP contribution in [0.2, 0.25) is 0 Å². The molecule has 2 heterocycles. The fourth-order valence-electron chi connectivity index (χ4n) is 1.74. The van der Waals surface area contributed by atoms with Gasteiger partial charge in [0, 0.05) is 18.7 Å². The first-order chi connectivity index (χ1) is 8.46. The lowest BCUT2D eigenvalue weighted by Crippen LogP contribution is -2.39. The monoisotopic (exact) mass is 250 g/mol. The second-order valence-corrected chi connectivity index (χ2v) is 5.24. The third-order valence-corrected chi connectivity index (χ3v) is 2.57. The molecule has 0 atom stereocenters. The molecule has 18 heavy (non-hydrogen) atoms. The lowest BCUT2D eigenvalue weighted by atomic mass is 10.1. The summed E-state index contributed by atoms with van der Waals surface area (Å²) < 4.78 is 10.6. The van der Waals surface area contributed by atoms with Crippen molar-refractivity contribution in [2.75, 3.05) is 13.1 Å². The molecular weight excluding hydrogens is 232 g/mol. The summed E-state index contributed by atoms with van der Waals surface area (Å²) in [5.74, 6) is 0.638. The van der Waals surface area contributed by atoms with Crippen LogP contribution in [-0.4, -0.2) is 34.7 Å². The van der Waals surface area contributed by atoms with Gasteiger partial charge < -0.3 is 14.1 Å². The topological polar surface area (TPSA) is 55.6 Å². The molecule has 0 spiro atoms. The molecule has 0 saturated carbocycles. The van der Waals surface area contributed by atoms with Crippen LogP contribution in [0.15, 0.2) is 23.0 Å². The zero-order valence-corrected chi connectivity index (χ0v) is 11.0. The van der Waals surface area contributed by atoms with Crippen LogP contribution >= 0.6 is 0 Å². The maximum atomic E-state index is 11.8. The van der Waals surface area contributed by atoms with Crippen LogP contribution in [0.3, 0.4) is 0 Å². The Morgan fingerprint density at radius 1 is 1.50 bits per heavy atom. The SMILES string of the molecule is CC(C)(C)OC(=O)N1CC=C(c2ncco2)CC1. The summed E-state index contributed by atoms with van der Waals surface area (Å²) in [6.07, 6.45) is 5.59. The van der Waals surface area contributed by atoms with Crippen LogP contribution in [0.4, 0.5) is 4.79 Å². The van der Waals surface area contributed by atoms with E-state index in [9.17, 15) is 4.79 Å². The molecule has 1 aliphatic heterocycles. The van der Waals surface area contributed by atoms with Crippen molar-refractivity contribution in [2.24, 2.45) is 0 Å². The van der Waals surface area contributed by atoms with E-state index in [1.807, 2.05) is 26.8 Å². The number of carbonyl (C=O) groups excluding carboxylic acids is 1. The van der Waals surface area contributed by atoms with Crippen molar-refractivity contribution in [1.82, 2.24) is 9.88 Å². The summed E-state index contributed by atoms with van der Waals surface area (Å²) in [6.45, 7) is 6.75. The second kappa shape index (κ2) is 4.84. The van der Waals surface area contributed by atoms with Crippen LogP contribution < -0.4 is 0 Å². The van der Waals surface area contributed by atoms with E-state index in [-0.39, 0.29) is 6.09 Å². The number of hydrogen-bond donors (Lipinski definition) is 0. The van der Waals surface area contributed by atoms with Crippen LogP contribution in [-0.2, 0) is 4.74 Å². The molecule has 0 aromatic carbocycles. The number of carbonyl (C=O) groups is 1. The van der Waals surface area contributed by atoms with E-state index in [1.54, 1.807) is 17.4 Å². The molecule has 0 bridgehead atoms. The molecule has 0 fully saturated rings. The van der Waals surface area contributed by atoms with Gasteiger partial charge in [-0.1, -0.05) is 6.08 Å². The molecule has 1 aliphatic rings. The summed E-state index contributed by atoms with van der Waals surface area (Å²) >= 11 is 0. The highest BCUT2D eigenvalue weighted by Gasteiger charge is 2.24. The highest BCUT2D eigenvalue weighted by atomic mass is 16.6. The lowest BCUT2D eigenvalue weighted by Gasteiger charge is -2.29. The summed E-state index contributed by atoms with van der Waals surface area (Å²) in [7, 11) is 0. The minimum atomic E-state index is -0.455. The molecule has 0 radical (unpaired) electrons. The van der Waals surface area contributed by atoms with Gasteiger partial charge in [-0.05, 0) is 27.2 Å². The first-order valence-electron chi connectivity index (χ1n) is 6.02. The predicted octanol–water partition coefficient (Wildman–Crippen LogP) is 2.70.